The Morgan fingerprint density at radius 3 is 0.857 bits per heavy atom. The van der Waals surface area contributed by atoms with E-state index in [2.05, 4.69) is 113 Å². The Bertz CT molecular complexity index is 2190. The third-order valence-corrected chi connectivity index (χ3v) is 18.2. The second-order valence-electron chi connectivity index (χ2n) is 25.9. The van der Waals surface area contributed by atoms with Gasteiger partial charge in [-0.25, -0.2) is 9.13 Å². The van der Waals surface area contributed by atoms with Gasteiger partial charge in [-0.05, 0) is 141 Å². The van der Waals surface area contributed by atoms with E-state index in [4.69, 9.17) is 37.0 Å². The van der Waals surface area contributed by atoms with E-state index in [9.17, 15) is 43.2 Å². The van der Waals surface area contributed by atoms with Crippen LogP contribution >= 0.6 is 15.6 Å². The van der Waals surface area contributed by atoms with Gasteiger partial charge in [0.25, 0.3) is 0 Å². The van der Waals surface area contributed by atoms with E-state index < -0.39 is 97.5 Å². The number of aliphatic hydroxyl groups is 1. The third kappa shape index (κ3) is 70.7. The van der Waals surface area contributed by atoms with E-state index in [1.165, 1.54) is 83.5 Å². The molecule has 568 valence electrons. The fraction of sp³-hybridized carbons (Fsp3) is 0.772. The van der Waals surface area contributed by atoms with Gasteiger partial charge in [-0.3, -0.25) is 37.3 Å². The number of hydrogen-bond donors (Lipinski definition) is 3. The number of aliphatic hydroxyl groups excluding tert-OH is 1. The second kappa shape index (κ2) is 71.6. The highest BCUT2D eigenvalue weighted by Gasteiger charge is 2.30. The molecule has 0 aliphatic rings. The van der Waals surface area contributed by atoms with Crippen LogP contribution in [-0.4, -0.2) is 96.7 Å². The summed E-state index contributed by atoms with van der Waals surface area (Å²) in [6, 6.07) is 0. The molecule has 0 saturated carbocycles. The van der Waals surface area contributed by atoms with Gasteiger partial charge >= 0.3 is 39.5 Å². The van der Waals surface area contributed by atoms with E-state index in [1.807, 2.05) is 0 Å². The minimum Gasteiger partial charge on any atom is -0.462 e. The largest absolute Gasteiger partial charge is 0.472 e. The average molecular weight is 1420 g/mol. The number of carbonyl (C=O) groups excluding carboxylic acids is 4. The van der Waals surface area contributed by atoms with Gasteiger partial charge in [-0.1, -0.05) is 254 Å². The summed E-state index contributed by atoms with van der Waals surface area (Å²) >= 11 is 0. The molecule has 0 amide bonds. The predicted octanol–water partition coefficient (Wildman–Crippen LogP) is 22.2. The van der Waals surface area contributed by atoms with Crippen molar-refractivity contribution in [1.29, 1.82) is 0 Å². The first-order valence-corrected chi connectivity index (χ1v) is 41.8. The Kier molecular flexibility index (Phi) is 68.9. The zero-order chi connectivity index (χ0) is 71.8. The molecule has 0 aromatic rings. The molecule has 3 N–H and O–H groups in total. The highest BCUT2D eigenvalue weighted by molar-refractivity contribution is 7.47. The molecule has 0 aliphatic carbocycles. The maximum Gasteiger partial charge on any atom is 0.472 e. The van der Waals surface area contributed by atoms with Crippen LogP contribution < -0.4 is 0 Å². The van der Waals surface area contributed by atoms with Crippen molar-refractivity contribution in [2.24, 2.45) is 0 Å². The summed E-state index contributed by atoms with van der Waals surface area (Å²) in [6.07, 6.45) is 72.8. The number of allylic oxidation sites excluding steroid dienone is 14. The molecule has 0 aliphatic heterocycles. The summed E-state index contributed by atoms with van der Waals surface area (Å²) in [6.45, 7) is 4.70. The normalized spacial score (nSPS) is 14.4. The molecular weight excluding hydrogens is 1280 g/mol. The number of unbranched alkanes of at least 4 members (excludes halogenated alkanes) is 33. The van der Waals surface area contributed by atoms with Crippen LogP contribution in [0.3, 0.4) is 0 Å². The number of hydrogen-bond acceptors (Lipinski definition) is 15. The van der Waals surface area contributed by atoms with Gasteiger partial charge in [0, 0.05) is 25.7 Å². The van der Waals surface area contributed by atoms with Crippen LogP contribution in [0.1, 0.15) is 336 Å². The second-order valence-corrected chi connectivity index (χ2v) is 28.8. The van der Waals surface area contributed by atoms with Gasteiger partial charge in [0.2, 0.25) is 0 Å². The van der Waals surface area contributed by atoms with Crippen LogP contribution in [0.15, 0.2) is 85.1 Å². The van der Waals surface area contributed by atoms with Gasteiger partial charge in [0.15, 0.2) is 12.2 Å². The van der Waals surface area contributed by atoms with Crippen molar-refractivity contribution in [2.45, 2.75) is 354 Å². The minimum atomic E-state index is -4.98. The van der Waals surface area contributed by atoms with Crippen molar-refractivity contribution < 1.29 is 80.2 Å². The molecule has 17 nitrogen and oxygen atoms in total. The zero-order valence-corrected chi connectivity index (χ0v) is 63.7. The standard InChI is InChI=1S/C79H140O17P2/c1-5-9-13-17-21-25-29-33-36-40-43-47-51-55-59-63-76(81)89-69-74(95-78(83)65-61-57-53-49-45-39-32-28-24-20-16-12-8-4)71-93-97(85,86)91-67-73(80)68-92-98(87,88)94-72-75(96-79(84)66-62-58-54-50-46-42-38-35-31-27-23-19-15-11-7-3)70-90-77(82)64-60-56-52-48-44-41-37-34-30-26-22-18-14-10-6-2/h10,14,22-23,26-28,32-38,73-75,80H,5-9,11-13,15-21,24-25,29-31,39-72H2,1-4H3,(H,85,86)(H,87,88)/b14-10-,26-22-,27-23-,32-28-,36-33-,37-34-,38-35-. The molecule has 0 heterocycles. The fourth-order valence-corrected chi connectivity index (χ4v) is 12.0. The van der Waals surface area contributed by atoms with Crippen LogP contribution in [-0.2, 0) is 65.4 Å². The Morgan fingerprint density at radius 2 is 0.531 bits per heavy atom. The van der Waals surface area contributed by atoms with Crippen LogP contribution in [0.2, 0.25) is 0 Å². The lowest BCUT2D eigenvalue weighted by atomic mass is 10.1. The first-order chi connectivity index (χ1) is 47.7. The maximum absolute atomic E-state index is 13.1. The molecule has 0 spiro atoms. The molecule has 5 atom stereocenters. The summed E-state index contributed by atoms with van der Waals surface area (Å²) in [5, 5.41) is 10.6. The Labute approximate surface area is 595 Å². The van der Waals surface area contributed by atoms with Crippen molar-refractivity contribution >= 4 is 39.5 Å². The smallest absolute Gasteiger partial charge is 0.462 e. The van der Waals surface area contributed by atoms with Crippen molar-refractivity contribution in [3.63, 3.8) is 0 Å². The Balaban J connectivity index is 5.36. The quantitative estimate of drug-likeness (QED) is 0.0169. The van der Waals surface area contributed by atoms with Crippen LogP contribution in [0.25, 0.3) is 0 Å². The number of phosphoric acid groups is 2. The summed E-state index contributed by atoms with van der Waals surface area (Å²) in [7, 11) is -9.95. The fourth-order valence-electron chi connectivity index (χ4n) is 10.4. The third-order valence-electron chi connectivity index (χ3n) is 16.3. The number of carbonyl (C=O) groups is 4. The summed E-state index contributed by atoms with van der Waals surface area (Å²) < 4.78 is 68.5. The lowest BCUT2D eigenvalue weighted by Crippen LogP contribution is -2.30. The van der Waals surface area contributed by atoms with E-state index in [-0.39, 0.29) is 25.7 Å². The molecule has 0 aromatic carbocycles. The number of rotatable bonds is 73. The predicted molar refractivity (Wildman–Crippen MR) is 399 cm³/mol. The van der Waals surface area contributed by atoms with Gasteiger partial charge in [0.1, 0.15) is 19.3 Å². The first-order valence-electron chi connectivity index (χ1n) is 38.8. The molecule has 0 rings (SSSR count). The first kappa shape index (κ1) is 94.2. The SMILES string of the molecule is CC/C=C\C/C=C\C/C=C\CCCCCCCC(=O)OCC(COP(=O)(O)OCC(O)COP(=O)(O)OCC(COC(=O)CCCCCCC/C=C\CCCCCCCC)OC(=O)CCCCCCC/C=C\CCCCCC)OC(=O)CCCCCCC/C=C\C/C=C\CCCCC. The van der Waals surface area contributed by atoms with Crippen molar-refractivity contribution in [1.82, 2.24) is 0 Å². The number of esters is 4. The summed E-state index contributed by atoms with van der Waals surface area (Å²) in [5.41, 5.74) is 0. The molecule has 0 fully saturated rings. The average Bonchev–Trinajstić information content (AvgIpc) is 1.04. The van der Waals surface area contributed by atoms with Crippen LogP contribution in [0, 0.1) is 0 Å². The number of ether oxygens (including phenoxy) is 4. The van der Waals surface area contributed by atoms with Crippen LogP contribution in [0.5, 0.6) is 0 Å². The maximum atomic E-state index is 13.1. The summed E-state index contributed by atoms with van der Waals surface area (Å²) in [5.74, 6) is -2.21. The monoisotopic (exact) mass is 1420 g/mol. The molecule has 98 heavy (non-hydrogen) atoms. The highest BCUT2D eigenvalue weighted by atomic mass is 31.2. The minimum absolute atomic E-state index is 0.0757. The topological polar surface area (TPSA) is 237 Å². The Hall–Kier alpha value is -3.76. The molecule has 0 aromatic heterocycles. The zero-order valence-electron chi connectivity index (χ0n) is 62.0. The Morgan fingerprint density at radius 1 is 0.296 bits per heavy atom. The van der Waals surface area contributed by atoms with Crippen LogP contribution in [0.4, 0.5) is 0 Å². The molecule has 19 heteroatoms. The molecular formula is C79H140O17P2. The van der Waals surface area contributed by atoms with E-state index in [0.29, 0.717) is 25.7 Å². The molecule has 0 saturated heterocycles. The highest BCUT2D eigenvalue weighted by Crippen LogP contribution is 2.45. The molecule has 0 radical (unpaired) electrons. The van der Waals surface area contributed by atoms with E-state index in [0.717, 1.165) is 173 Å². The van der Waals surface area contributed by atoms with E-state index in [1.54, 1.807) is 0 Å². The number of phosphoric ester groups is 2. The van der Waals surface area contributed by atoms with Gasteiger partial charge in [-0.15, -0.1) is 0 Å². The summed E-state index contributed by atoms with van der Waals surface area (Å²) in [4.78, 5) is 72.9. The van der Waals surface area contributed by atoms with Crippen molar-refractivity contribution in [3.8, 4) is 0 Å². The van der Waals surface area contributed by atoms with Crippen molar-refractivity contribution in [2.75, 3.05) is 39.6 Å². The van der Waals surface area contributed by atoms with Gasteiger partial charge < -0.3 is 33.8 Å². The lowest BCUT2D eigenvalue weighted by Gasteiger charge is -2.21. The lowest BCUT2D eigenvalue weighted by molar-refractivity contribution is -0.161. The molecule has 5 unspecified atom stereocenters. The molecule has 0 bridgehead atoms. The van der Waals surface area contributed by atoms with Gasteiger partial charge in [-0.2, -0.15) is 0 Å². The van der Waals surface area contributed by atoms with E-state index >= 15 is 0 Å². The van der Waals surface area contributed by atoms with Crippen molar-refractivity contribution in [3.05, 3.63) is 85.1 Å². The van der Waals surface area contributed by atoms with Gasteiger partial charge in [0.05, 0.1) is 26.4 Å².